The number of halogens is 1. The van der Waals surface area contributed by atoms with Crippen LogP contribution < -0.4 is 0 Å². The molecule has 1 aromatic heterocycles. The smallest absolute Gasteiger partial charge is 0.133 e. The maximum atomic E-state index is 10.2. The van der Waals surface area contributed by atoms with Gasteiger partial charge in [0.25, 0.3) is 0 Å². The molecule has 0 radical (unpaired) electrons. The Bertz CT molecular complexity index is 298. The van der Waals surface area contributed by atoms with Crippen LogP contribution in [0.3, 0.4) is 0 Å². The van der Waals surface area contributed by atoms with Crippen molar-refractivity contribution in [3.63, 3.8) is 0 Å². The van der Waals surface area contributed by atoms with E-state index in [0.29, 0.717) is 19.6 Å². The third kappa shape index (κ3) is 1.41. The molecule has 0 bridgehead atoms. The number of nitrogens with zero attached hydrogens (tertiary/aromatic N) is 2. The van der Waals surface area contributed by atoms with E-state index in [1.165, 1.54) is 0 Å². The summed E-state index contributed by atoms with van der Waals surface area (Å²) >= 11 is 3.36. The molecule has 13 heavy (non-hydrogen) atoms. The first kappa shape index (κ1) is 9.18. The van der Waals surface area contributed by atoms with Crippen LogP contribution in [0.15, 0.2) is 10.7 Å². The summed E-state index contributed by atoms with van der Waals surface area (Å²) in [5.41, 5.74) is -0.0747. The second-order valence-corrected chi connectivity index (χ2v) is 4.15. The van der Waals surface area contributed by atoms with Crippen LogP contribution in [-0.2, 0) is 17.4 Å². The Balaban J connectivity index is 2.43. The van der Waals surface area contributed by atoms with E-state index in [0.717, 1.165) is 10.2 Å². The molecule has 4 nitrogen and oxygen atoms in total. The first-order chi connectivity index (χ1) is 6.13. The first-order valence-electron chi connectivity index (χ1n) is 4.11. The summed E-state index contributed by atoms with van der Waals surface area (Å²) in [4.78, 5) is 0. The molecule has 0 saturated carbocycles. The summed E-state index contributed by atoms with van der Waals surface area (Å²) < 4.78 is 7.70. The molecular formula is C8H11BrN2O2. The number of ether oxygens (including phenoxy) is 1. The van der Waals surface area contributed by atoms with E-state index < -0.39 is 5.60 Å². The molecule has 1 atom stereocenters. The Morgan fingerprint density at radius 2 is 2.54 bits per heavy atom. The minimum absolute atomic E-state index is 0.352. The fraction of sp³-hybridized carbons (Fsp3) is 0.625. The van der Waals surface area contributed by atoms with Gasteiger partial charge in [0.15, 0.2) is 0 Å². The Morgan fingerprint density at radius 3 is 3.00 bits per heavy atom. The van der Waals surface area contributed by atoms with Gasteiger partial charge in [0.2, 0.25) is 0 Å². The standard InChI is InChI=1S/C8H11BrN2O2/c1-11-7(6(9)4-10-11)8(12)2-3-13-5-8/h4,12H,2-3,5H2,1H3. The minimum atomic E-state index is -0.871. The third-order valence-corrected chi connectivity index (χ3v) is 2.92. The predicted octanol–water partition coefficient (Wildman–Crippen LogP) is 0.791. The molecule has 0 amide bonds. The van der Waals surface area contributed by atoms with Crippen molar-refractivity contribution in [2.45, 2.75) is 12.0 Å². The van der Waals surface area contributed by atoms with Crippen LogP contribution in [0.2, 0.25) is 0 Å². The summed E-state index contributed by atoms with van der Waals surface area (Å²) in [6.07, 6.45) is 2.32. The van der Waals surface area contributed by atoms with Crippen LogP contribution in [0.25, 0.3) is 0 Å². The van der Waals surface area contributed by atoms with Gasteiger partial charge in [-0.05, 0) is 15.9 Å². The topological polar surface area (TPSA) is 47.3 Å². The third-order valence-electron chi connectivity index (χ3n) is 2.34. The molecule has 2 heterocycles. The number of hydrogen-bond acceptors (Lipinski definition) is 3. The van der Waals surface area contributed by atoms with Gasteiger partial charge in [-0.2, -0.15) is 5.10 Å². The van der Waals surface area contributed by atoms with Gasteiger partial charge in [0, 0.05) is 20.1 Å². The van der Waals surface area contributed by atoms with E-state index in [-0.39, 0.29) is 0 Å². The van der Waals surface area contributed by atoms with Crippen LogP contribution >= 0.6 is 15.9 Å². The summed E-state index contributed by atoms with van der Waals surface area (Å²) in [6, 6.07) is 0. The molecule has 1 aliphatic rings. The number of aryl methyl sites for hydroxylation is 1. The molecule has 1 saturated heterocycles. The van der Waals surface area contributed by atoms with Crippen molar-refractivity contribution in [2.24, 2.45) is 7.05 Å². The van der Waals surface area contributed by atoms with Gasteiger partial charge in [-0.25, -0.2) is 0 Å². The van der Waals surface area contributed by atoms with Crippen LogP contribution in [0.4, 0.5) is 0 Å². The van der Waals surface area contributed by atoms with Crippen LogP contribution in [0.5, 0.6) is 0 Å². The summed E-state index contributed by atoms with van der Waals surface area (Å²) in [5.74, 6) is 0. The number of rotatable bonds is 1. The van der Waals surface area contributed by atoms with Gasteiger partial charge in [0.05, 0.1) is 23.0 Å². The van der Waals surface area contributed by atoms with Crippen molar-refractivity contribution in [3.8, 4) is 0 Å². The van der Waals surface area contributed by atoms with Crippen molar-refractivity contribution in [2.75, 3.05) is 13.2 Å². The van der Waals surface area contributed by atoms with E-state index in [1.54, 1.807) is 10.9 Å². The maximum Gasteiger partial charge on any atom is 0.133 e. The molecule has 1 aliphatic heterocycles. The van der Waals surface area contributed by atoms with Crippen molar-refractivity contribution < 1.29 is 9.84 Å². The highest BCUT2D eigenvalue weighted by molar-refractivity contribution is 9.10. The van der Waals surface area contributed by atoms with Gasteiger partial charge < -0.3 is 9.84 Å². The van der Waals surface area contributed by atoms with Gasteiger partial charge in [0.1, 0.15) is 5.60 Å². The Morgan fingerprint density at radius 1 is 1.77 bits per heavy atom. The molecule has 1 N–H and O–H groups in total. The molecule has 72 valence electrons. The molecule has 2 rings (SSSR count). The zero-order valence-electron chi connectivity index (χ0n) is 7.33. The zero-order chi connectivity index (χ0) is 9.47. The van der Waals surface area contributed by atoms with Gasteiger partial charge in [-0.1, -0.05) is 0 Å². The quantitative estimate of drug-likeness (QED) is 0.798. The van der Waals surface area contributed by atoms with Crippen molar-refractivity contribution >= 4 is 15.9 Å². The molecular weight excluding hydrogens is 236 g/mol. The van der Waals surface area contributed by atoms with E-state index in [9.17, 15) is 5.11 Å². The molecule has 1 fully saturated rings. The zero-order valence-corrected chi connectivity index (χ0v) is 8.91. The lowest BCUT2D eigenvalue weighted by Crippen LogP contribution is -2.29. The van der Waals surface area contributed by atoms with E-state index in [4.69, 9.17) is 4.74 Å². The lowest BCUT2D eigenvalue weighted by molar-refractivity contribution is 0.0156. The largest absolute Gasteiger partial charge is 0.381 e. The minimum Gasteiger partial charge on any atom is -0.381 e. The Kier molecular flexibility index (Phi) is 2.17. The number of aliphatic hydroxyl groups is 1. The molecule has 1 unspecified atom stereocenters. The second kappa shape index (κ2) is 3.08. The van der Waals surface area contributed by atoms with Gasteiger partial charge >= 0.3 is 0 Å². The second-order valence-electron chi connectivity index (χ2n) is 3.30. The Labute approximate surface area is 84.6 Å². The maximum absolute atomic E-state index is 10.2. The molecule has 1 aromatic rings. The number of hydrogen-bond donors (Lipinski definition) is 1. The summed E-state index contributed by atoms with van der Waals surface area (Å²) in [6.45, 7) is 0.958. The first-order valence-corrected chi connectivity index (χ1v) is 4.91. The lowest BCUT2D eigenvalue weighted by atomic mass is 9.99. The van der Waals surface area contributed by atoms with Gasteiger partial charge in [-0.15, -0.1) is 0 Å². The molecule has 0 spiro atoms. The van der Waals surface area contributed by atoms with Crippen LogP contribution in [-0.4, -0.2) is 28.1 Å². The normalized spacial score (nSPS) is 28.2. The fourth-order valence-electron chi connectivity index (χ4n) is 1.68. The van der Waals surface area contributed by atoms with Crippen molar-refractivity contribution in [3.05, 3.63) is 16.4 Å². The molecule has 0 aromatic carbocycles. The fourth-order valence-corrected chi connectivity index (χ4v) is 2.39. The summed E-state index contributed by atoms with van der Waals surface area (Å²) in [5, 5.41) is 14.3. The van der Waals surface area contributed by atoms with Crippen molar-refractivity contribution in [1.29, 1.82) is 0 Å². The highest BCUT2D eigenvalue weighted by atomic mass is 79.9. The van der Waals surface area contributed by atoms with E-state index in [2.05, 4.69) is 21.0 Å². The molecule has 5 heteroatoms. The van der Waals surface area contributed by atoms with Crippen molar-refractivity contribution in [1.82, 2.24) is 9.78 Å². The highest BCUT2D eigenvalue weighted by Crippen LogP contribution is 2.34. The van der Waals surface area contributed by atoms with E-state index in [1.807, 2.05) is 7.05 Å². The van der Waals surface area contributed by atoms with Gasteiger partial charge in [-0.3, -0.25) is 4.68 Å². The van der Waals surface area contributed by atoms with Crippen LogP contribution in [0, 0.1) is 0 Å². The lowest BCUT2D eigenvalue weighted by Gasteiger charge is -2.21. The SMILES string of the molecule is Cn1ncc(Br)c1C1(O)CCOC1. The average Bonchev–Trinajstić information content (AvgIpc) is 2.60. The van der Waals surface area contributed by atoms with Crippen LogP contribution in [0.1, 0.15) is 12.1 Å². The predicted molar refractivity (Wildman–Crippen MR) is 50.2 cm³/mol. The monoisotopic (exact) mass is 246 g/mol. The Hall–Kier alpha value is -0.390. The summed E-state index contributed by atoms with van der Waals surface area (Å²) in [7, 11) is 1.82. The van der Waals surface area contributed by atoms with E-state index >= 15 is 0 Å². The average molecular weight is 247 g/mol. The molecule has 0 aliphatic carbocycles. The highest BCUT2D eigenvalue weighted by Gasteiger charge is 2.38. The number of aromatic nitrogens is 2.